The molecule has 1 saturated heterocycles. The molecule has 96 valence electrons. The maximum Gasteiger partial charge on any atom is 0.321 e. The lowest BCUT2D eigenvalue weighted by Crippen LogP contribution is -2.33. The number of phenolic OH excluding ortho intramolecular Hbond substituents is 1. The monoisotopic (exact) mass is 270 g/mol. The van der Waals surface area contributed by atoms with Gasteiger partial charge in [-0.1, -0.05) is 0 Å². The Bertz CT molecular complexity index is 507. The summed E-state index contributed by atoms with van der Waals surface area (Å²) in [7, 11) is 0. The first-order valence-corrected chi connectivity index (χ1v) is 6.11. The van der Waals surface area contributed by atoms with E-state index in [1.807, 2.05) is 0 Å². The van der Waals surface area contributed by atoms with Crippen LogP contribution in [0.15, 0.2) is 18.2 Å². The maximum atomic E-state index is 10.8. The Morgan fingerprint density at radius 3 is 2.83 bits per heavy atom. The van der Waals surface area contributed by atoms with Crippen LogP contribution in [0.4, 0.5) is 5.69 Å². The molecule has 2 atom stereocenters. The lowest BCUT2D eigenvalue weighted by molar-refractivity contribution is -0.384. The minimum Gasteiger partial charge on any atom is -0.508 e. The van der Waals surface area contributed by atoms with Crippen molar-refractivity contribution in [2.45, 2.75) is 11.4 Å². The second-order valence-corrected chi connectivity index (χ2v) is 4.91. The number of hydrogen-bond acceptors (Lipinski definition) is 6. The van der Waals surface area contributed by atoms with Gasteiger partial charge < -0.3 is 10.2 Å². The highest BCUT2D eigenvalue weighted by molar-refractivity contribution is 7.99. The first-order chi connectivity index (χ1) is 8.49. The van der Waals surface area contributed by atoms with E-state index in [2.05, 4.69) is 5.32 Å². The van der Waals surface area contributed by atoms with Crippen molar-refractivity contribution < 1.29 is 19.9 Å². The third-order valence-electron chi connectivity index (χ3n) is 2.58. The number of aliphatic carboxylic acids is 1. The van der Waals surface area contributed by atoms with Crippen LogP contribution >= 0.6 is 11.8 Å². The SMILES string of the molecule is O=C(O)[C@H]1CS[C@H](c2cc([N+](=O)[O-])ccc2O)N1. The molecule has 7 nitrogen and oxygen atoms in total. The number of non-ortho nitro benzene ring substituents is 1. The minimum atomic E-state index is -0.977. The fraction of sp³-hybridized carbons (Fsp3) is 0.300. The average molecular weight is 270 g/mol. The predicted molar refractivity (Wildman–Crippen MR) is 64.5 cm³/mol. The van der Waals surface area contributed by atoms with Crippen LogP contribution in [-0.4, -0.2) is 32.9 Å². The molecule has 8 heteroatoms. The van der Waals surface area contributed by atoms with Gasteiger partial charge in [0.2, 0.25) is 0 Å². The molecular formula is C10H10N2O5S. The normalized spacial score (nSPS) is 22.9. The first-order valence-electron chi connectivity index (χ1n) is 5.07. The summed E-state index contributed by atoms with van der Waals surface area (Å²) in [6.45, 7) is 0. The smallest absolute Gasteiger partial charge is 0.321 e. The quantitative estimate of drug-likeness (QED) is 0.556. The summed E-state index contributed by atoms with van der Waals surface area (Å²) >= 11 is 1.29. The highest BCUT2D eigenvalue weighted by Gasteiger charge is 2.32. The highest BCUT2D eigenvalue weighted by atomic mass is 32.2. The van der Waals surface area contributed by atoms with E-state index in [4.69, 9.17) is 5.11 Å². The van der Waals surface area contributed by atoms with Crippen LogP contribution in [0.1, 0.15) is 10.9 Å². The van der Waals surface area contributed by atoms with Gasteiger partial charge in [0.1, 0.15) is 11.8 Å². The van der Waals surface area contributed by atoms with Gasteiger partial charge >= 0.3 is 5.97 Å². The lowest BCUT2D eigenvalue weighted by Gasteiger charge is -2.12. The molecule has 0 saturated carbocycles. The molecule has 1 aliphatic rings. The molecule has 0 bridgehead atoms. The number of carboxylic acids is 1. The Morgan fingerprint density at radius 1 is 1.56 bits per heavy atom. The van der Waals surface area contributed by atoms with Crippen molar-refractivity contribution in [3.63, 3.8) is 0 Å². The molecule has 1 aromatic carbocycles. The van der Waals surface area contributed by atoms with Crippen molar-refractivity contribution in [1.82, 2.24) is 5.32 Å². The number of nitro groups is 1. The van der Waals surface area contributed by atoms with Gasteiger partial charge in [0, 0.05) is 23.4 Å². The third kappa shape index (κ3) is 2.39. The summed E-state index contributed by atoms with van der Waals surface area (Å²) < 4.78 is 0. The van der Waals surface area contributed by atoms with E-state index in [-0.39, 0.29) is 11.4 Å². The second-order valence-electron chi connectivity index (χ2n) is 3.77. The number of carbonyl (C=O) groups is 1. The van der Waals surface area contributed by atoms with Crippen LogP contribution < -0.4 is 5.32 Å². The van der Waals surface area contributed by atoms with E-state index in [1.165, 1.54) is 30.0 Å². The summed E-state index contributed by atoms with van der Waals surface area (Å²) in [6, 6.07) is 2.99. The zero-order valence-corrected chi connectivity index (χ0v) is 9.88. The largest absolute Gasteiger partial charge is 0.508 e. The average Bonchev–Trinajstić information content (AvgIpc) is 2.78. The van der Waals surface area contributed by atoms with Crippen LogP contribution in [0.5, 0.6) is 5.75 Å². The molecule has 0 aliphatic carbocycles. The van der Waals surface area contributed by atoms with Gasteiger partial charge in [0.05, 0.1) is 10.3 Å². The fourth-order valence-electron chi connectivity index (χ4n) is 1.66. The van der Waals surface area contributed by atoms with Crippen LogP contribution in [-0.2, 0) is 4.79 Å². The maximum absolute atomic E-state index is 10.8. The van der Waals surface area contributed by atoms with Crippen molar-refractivity contribution in [2.24, 2.45) is 0 Å². The number of phenols is 1. The van der Waals surface area contributed by atoms with Gasteiger partial charge in [-0.15, -0.1) is 11.8 Å². The number of benzene rings is 1. The molecule has 0 aromatic heterocycles. The van der Waals surface area contributed by atoms with Crippen molar-refractivity contribution >= 4 is 23.4 Å². The summed E-state index contributed by atoms with van der Waals surface area (Å²) in [5.74, 6) is -0.714. The van der Waals surface area contributed by atoms with Crippen molar-refractivity contribution in [2.75, 3.05) is 5.75 Å². The Morgan fingerprint density at radius 2 is 2.28 bits per heavy atom. The molecule has 1 aromatic rings. The first kappa shape index (κ1) is 12.7. The summed E-state index contributed by atoms with van der Waals surface area (Å²) in [6.07, 6.45) is 0. The second kappa shape index (κ2) is 4.83. The van der Waals surface area contributed by atoms with E-state index in [1.54, 1.807) is 0 Å². The molecule has 1 fully saturated rings. The van der Waals surface area contributed by atoms with E-state index in [9.17, 15) is 20.0 Å². The molecule has 2 rings (SSSR count). The van der Waals surface area contributed by atoms with Gasteiger partial charge in [0.15, 0.2) is 0 Å². The Balaban J connectivity index is 2.26. The van der Waals surface area contributed by atoms with E-state index >= 15 is 0 Å². The van der Waals surface area contributed by atoms with Gasteiger partial charge in [-0.05, 0) is 6.07 Å². The van der Waals surface area contributed by atoms with Gasteiger partial charge in [-0.2, -0.15) is 0 Å². The molecule has 0 unspecified atom stereocenters. The molecule has 1 aliphatic heterocycles. The van der Waals surface area contributed by atoms with E-state index < -0.39 is 22.3 Å². The highest BCUT2D eigenvalue weighted by Crippen LogP contribution is 2.38. The van der Waals surface area contributed by atoms with E-state index in [0.29, 0.717) is 11.3 Å². The molecule has 1 heterocycles. The standard InChI is InChI=1S/C10H10N2O5S/c13-8-2-1-5(12(16)17)3-6(8)9-11-7(4-18-9)10(14)15/h1-3,7,9,11,13H,4H2,(H,14,15)/t7-,9-/m1/s1. The van der Waals surface area contributed by atoms with Crippen LogP contribution in [0, 0.1) is 10.1 Å². The summed E-state index contributed by atoms with van der Waals surface area (Å²) in [5.41, 5.74) is 0.196. The van der Waals surface area contributed by atoms with Crippen molar-refractivity contribution in [3.05, 3.63) is 33.9 Å². The van der Waals surface area contributed by atoms with Gasteiger partial charge in [-0.25, -0.2) is 0 Å². The molecule has 3 N–H and O–H groups in total. The van der Waals surface area contributed by atoms with Crippen LogP contribution in [0.2, 0.25) is 0 Å². The number of rotatable bonds is 3. The predicted octanol–water partition coefficient (Wildman–Crippen LogP) is 1.09. The Labute approximate surface area is 106 Å². The van der Waals surface area contributed by atoms with E-state index in [0.717, 1.165) is 0 Å². The molecule has 0 radical (unpaired) electrons. The van der Waals surface area contributed by atoms with Crippen LogP contribution in [0.3, 0.4) is 0 Å². The Hall–Kier alpha value is -1.80. The van der Waals surface area contributed by atoms with Crippen molar-refractivity contribution in [1.29, 1.82) is 0 Å². The number of nitrogens with one attached hydrogen (secondary N) is 1. The lowest BCUT2D eigenvalue weighted by atomic mass is 10.1. The zero-order chi connectivity index (χ0) is 13.3. The van der Waals surface area contributed by atoms with Gasteiger partial charge in [-0.3, -0.25) is 20.2 Å². The Kier molecular flexibility index (Phi) is 3.39. The summed E-state index contributed by atoms with van der Waals surface area (Å²) in [4.78, 5) is 20.9. The third-order valence-corrected chi connectivity index (χ3v) is 3.83. The van der Waals surface area contributed by atoms with Crippen LogP contribution in [0.25, 0.3) is 0 Å². The zero-order valence-electron chi connectivity index (χ0n) is 9.07. The molecule has 18 heavy (non-hydrogen) atoms. The molecule has 0 amide bonds. The number of aromatic hydroxyl groups is 1. The topological polar surface area (TPSA) is 113 Å². The number of thioether (sulfide) groups is 1. The number of hydrogen-bond donors (Lipinski definition) is 3. The summed E-state index contributed by atoms with van der Waals surface area (Å²) in [5, 5.41) is 31.5. The number of nitrogens with zero attached hydrogens (tertiary/aromatic N) is 1. The number of carboxylic acid groups (broad SMARTS) is 1. The minimum absolute atomic E-state index is 0.0864. The fourth-order valence-corrected chi connectivity index (χ4v) is 2.91. The van der Waals surface area contributed by atoms with Gasteiger partial charge in [0.25, 0.3) is 5.69 Å². The molecular weight excluding hydrogens is 260 g/mol. The van der Waals surface area contributed by atoms with Crippen molar-refractivity contribution in [3.8, 4) is 5.75 Å². The molecule has 0 spiro atoms. The number of nitro benzene ring substituents is 1.